The molecule has 0 saturated heterocycles. The zero-order valence-electron chi connectivity index (χ0n) is 37.1. The maximum absolute atomic E-state index is 14.1. The van der Waals surface area contributed by atoms with E-state index in [0.29, 0.717) is 25.7 Å². The van der Waals surface area contributed by atoms with Crippen molar-refractivity contribution in [2.75, 3.05) is 41.8 Å². The van der Waals surface area contributed by atoms with Crippen LogP contribution in [-0.2, 0) is 38.4 Å². The molecular weight excluding hydrogens is 720 g/mol. The Balaban J connectivity index is 6.10. The predicted molar refractivity (Wildman–Crippen MR) is 217 cm³/mol. The van der Waals surface area contributed by atoms with Crippen LogP contribution in [-0.4, -0.2) is 145 Å². The van der Waals surface area contributed by atoms with E-state index < -0.39 is 77.6 Å². The number of nitrogens with one attached hydrogen (secondary N) is 4. The molecule has 0 radical (unpaired) electrons. The molecule has 16 heteroatoms. The number of hydrogen-bond acceptors (Lipinski definition) is 8. The van der Waals surface area contributed by atoms with Crippen LogP contribution in [0.2, 0.25) is 0 Å². The van der Waals surface area contributed by atoms with E-state index in [-0.39, 0.29) is 42.5 Å². The van der Waals surface area contributed by atoms with Gasteiger partial charge in [-0.15, -0.1) is 0 Å². The molecule has 0 spiro atoms. The zero-order chi connectivity index (χ0) is 43.8. The second-order valence-corrected chi connectivity index (χ2v) is 16.3. The first kappa shape index (κ1) is 51.8. The summed E-state index contributed by atoms with van der Waals surface area (Å²) >= 11 is 0. The molecule has 7 atom stereocenters. The normalized spacial score (nSPS) is 15.1. The summed E-state index contributed by atoms with van der Waals surface area (Å²) in [6, 6.07) is -5.83. The summed E-state index contributed by atoms with van der Waals surface area (Å²) in [5.74, 6) is -4.28. The summed E-state index contributed by atoms with van der Waals surface area (Å²) in [6.07, 6.45) is 2.17. The molecule has 0 aliphatic heterocycles. The molecule has 0 aromatic carbocycles. The van der Waals surface area contributed by atoms with Crippen LogP contribution in [0.4, 0.5) is 0 Å². The number of carbonyl (C=O) groups is 8. The number of likely N-dealkylation sites (N-methyl/N-ethyl adjacent to an activating group) is 5. The van der Waals surface area contributed by atoms with Gasteiger partial charge in [0.05, 0.1) is 6.54 Å². The zero-order valence-corrected chi connectivity index (χ0v) is 37.1. The Morgan fingerprint density at radius 1 is 0.554 bits per heavy atom. The molecule has 16 nitrogen and oxygen atoms in total. The van der Waals surface area contributed by atoms with Crippen LogP contribution in [0.25, 0.3) is 0 Å². The molecule has 322 valence electrons. The maximum Gasteiger partial charge on any atom is 0.245 e. The standard InChI is InChI=1S/C40H74N8O8/c1-17-19-31(49)45(13)22-32(50)48(16)34(26(9)18-2)38(54)44-33(25(7)8)40(56)47(15)30(21-24(5)6)37(53)42-27(10)35(51)43-28(11)39(55)46(14)29(20-23(3)4)36(52)41-12/h23-30,33-34H,17-22H2,1-16H3,(H,41,52)(H,42,53)(H,43,51)(H,44,54)/t26?,27-,28+,29+,30+,33+,34+/m1/s1. The van der Waals surface area contributed by atoms with E-state index in [2.05, 4.69) is 21.3 Å². The summed E-state index contributed by atoms with van der Waals surface area (Å²) in [7, 11) is 7.53. The lowest BCUT2D eigenvalue weighted by molar-refractivity contribution is -0.147. The highest BCUT2D eigenvalue weighted by Gasteiger charge is 2.39. The third-order valence-electron chi connectivity index (χ3n) is 10.1. The van der Waals surface area contributed by atoms with Crippen molar-refractivity contribution < 1.29 is 38.4 Å². The van der Waals surface area contributed by atoms with E-state index in [1.165, 1.54) is 61.6 Å². The second kappa shape index (κ2) is 24.4. The van der Waals surface area contributed by atoms with Gasteiger partial charge in [-0.2, -0.15) is 0 Å². The fourth-order valence-corrected chi connectivity index (χ4v) is 6.30. The number of hydrogen-bond donors (Lipinski definition) is 4. The monoisotopic (exact) mass is 795 g/mol. The van der Waals surface area contributed by atoms with Gasteiger partial charge in [0.25, 0.3) is 0 Å². The fraction of sp³-hybridized carbons (Fsp3) is 0.800. The minimum atomic E-state index is -1.09. The van der Waals surface area contributed by atoms with Gasteiger partial charge >= 0.3 is 0 Å². The summed E-state index contributed by atoms with van der Waals surface area (Å²) < 4.78 is 0. The number of amides is 8. The molecular formula is C40H74N8O8. The van der Waals surface area contributed by atoms with Crippen molar-refractivity contribution in [1.29, 1.82) is 0 Å². The Labute approximate surface area is 336 Å². The molecule has 0 heterocycles. The van der Waals surface area contributed by atoms with Crippen LogP contribution >= 0.6 is 0 Å². The molecule has 0 aromatic heterocycles. The molecule has 0 aliphatic rings. The van der Waals surface area contributed by atoms with Crippen molar-refractivity contribution in [3.05, 3.63) is 0 Å². The highest BCUT2D eigenvalue weighted by Crippen LogP contribution is 2.19. The smallest absolute Gasteiger partial charge is 0.245 e. The highest BCUT2D eigenvalue weighted by molar-refractivity contribution is 5.97. The van der Waals surface area contributed by atoms with Crippen molar-refractivity contribution in [3.63, 3.8) is 0 Å². The van der Waals surface area contributed by atoms with Crippen LogP contribution in [0.15, 0.2) is 0 Å². The summed E-state index contributed by atoms with van der Waals surface area (Å²) in [5, 5.41) is 10.8. The molecule has 0 bridgehead atoms. The van der Waals surface area contributed by atoms with Crippen LogP contribution in [0.5, 0.6) is 0 Å². The Bertz CT molecular complexity index is 1360. The highest BCUT2D eigenvalue weighted by atomic mass is 16.2. The van der Waals surface area contributed by atoms with E-state index in [1.807, 2.05) is 48.5 Å². The van der Waals surface area contributed by atoms with E-state index in [9.17, 15) is 38.4 Å². The third kappa shape index (κ3) is 15.7. The van der Waals surface area contributed by atoms with Crippen molar-refractivity contribution in [2.24, 2.45) is 23.7 Å². The summed E-state index contributed by atoms with van der Waals surface area (Å²) in [5.41, 5.74) is 0. The minimum absolute atomic E-state index is 0.0405. The van der Waals surface area contributed by atoms with E-state index in [0.717, 1.165) is 0 Å². The first-order valence-electron chi connectivity index (χ1n) is 20.0. The molecule has 0 saturated carbocycles. The molecule has 8 amide bonds. The summed E-state index contributed by atoms with van der Waals surface area (Å²) in [4.78, 5) is 112. The van der Waals surface area contributed by atoms with Gasteiger partial charge in [-0.25, -0.2) is 0 Å². The van der Waals surface area contributed by atoms with Crippen molar-refractivity contribution in [1.82, 2.24) is 40.9 Å². The number of nitrogens with zero attached hydrogens (tertiary/aromatic N) is 4. The van der Waals surface area contributed by atoms with Gasteiger partial charge in [0.15, 0.2) is 0 Å². The lowest BCUT2D eigenvalue weighted by atomic mass is 9.94. The van der Waals surface area contributed by atoms with Crippen LogP contribution in [0, 0.1) is 23.7 Å². The Kier molecular flexibility index (Phi) is 22.6. The molecule has 56 heavy (non-hydrogen) atoms. The molecule has 0 aromatic rings. The topological polar surface area (TPSA) is 198 Å². The van der Waals surface area contributed by atoms with Gasteiger partial charge in [-0.3, -0.25) is 38.4 Å². The molecule has 4 N–H and O–H groups in total. The van der Waals surface area contributed by atoms with Crippen LogP contribution in [0.1, 0.15) is 108 Å². The average Bonchev–Trinajstić information content (AvgIpc) is 3.12. The Hall–Kier alpha value is -4.24. The van der Waals surface area contributed by atoms with E-state index >= 15 is 0 Å². The van der Waals surface area contributed by atoms with Gasteiger partial charge in [-0.05, 0) is 56.8 Å². The molecule has 1 unspecified atom stereocenters. The maximum atomic E-state index is 14.1. The van der Waals surface area contributed by atoms with Gasteiger partial charge in [0.1, 0.15) is 36.3 Å². The molecule has 0 fully saturated rings. The predicted octanol–water partition coefficient (Wildman–Crippen LogP) is 1.76. The SMILES string of the molecule is CCCC(=O)N(C)CC(=O)N(C)[C@H](C(=O)N[C@H](C(=O)N(C)[C@@H](CC(C)C)C(=O)N[C@H](C)C(=O)N[C@@H](C)C(=O)N(C)[C@@H](CC(C)C)C(=O)NC)C(C)C)C(C)CC. The fourth-order valence-electron chi connectivity index (χ4n) is 6.30. The van der Waals surface area contributed by atoms with Gasteiger partial charge < -0.3 is 40.9 Å². The van der Waals surface area contributed by atoms with Gasteiger partial charge in [0.2, 0.25) is 47.3 Å². The lowest BCUT2D eigenvalue weighted by Gasteiger charge is -2.36. The van der Waals surface area contributed by atoms with Gasteiger partial charge in [-0.1, -0.05) is 68.7 Å². The first-order chi connectivity index (χ1) is 25.9. The largest absolute Gasteiger partial charge is 0.357 e. The van der Waals surface area contributed by atoms with Crippen molar-refractivity contribution in [3.8, 4) is 0 Å². The second-order valence-electron chi connectivity index (χ2n) is 16.3. The Morgan fingerprint density at radius 2 is 1.04 bits per heavy atom. The first-order valence-corrected chi connectivity index (χ1v) is 20.0. The quantitative estimate of drug-likeness (QED) is 0.120. The van der Waals surface area contributed by atoms with E-state index in [1.54, 1.807) is 20.9 Å². The van der Waals surface area contributed by atoms with E-state index in [4.69, 9.17) is 0 Å². The van der Waals surface area contributed by atoms with Crippen molar-refractivity contribution >= 4 is 47.3 Å². The molecule has 0 rings (SSSR count). The lowest BCUT2D eigenvalue weighted by Crippen LogP contribution is -2.61. The summed E-state index contributed by atoms with van der Waals surface area (Å²) in [6.45, 7) is 19.6. The number of carbonyl (C=O) groups excluding carboxylic acids is 8. The Morgan fingerprint density at radius 3 is 1.48 bits per heavy atom. The minimum Gasteiger partial charge on any atom is -0.357 e. The van der Waals surface area contributed by atoms with Crippen molar-refractivity contribution in [2.45, 2.75) is 145 Å². The van der Waals surface area contributed by atoms with Crippen LogP contribution in [0.3, 0.4) is 0 Å². The number of rotatable bonds is 23. The van der Waals surface area contributed by atoms with Gasteiger partial charge in [0, 0.05) is 41.7 Å². The molecule has 0 aliphatic carbocycles. The average molecular weight is 795 g/mol. The third-order valence-corrected chi connectivity index (χ3v) is 10.1. The van der Waals surface area contributed by atoms with Crippen LogP contribution < -0.4 is 21.3 Å².